The molecule has 15 heavy (non-hydrogen) atoms. The largest absolute Gasteiger partial charge is 0.421 e. The van der Waals surface area contributed by atoms with Crippen molar-refractivity contribution in [1.29, 1.82) is 0 Å². The molecule has 2 aromatic rings. The number of carbonyl (C=O) groups excluding carboxylic acids is 1. The molecule has 2 heterocycles. The molecule has 0 saturated heterocycles. The molecule has 78 valence electrons. The quantitative estimate of drug-likeness (QED) is 0.405. The van der Waals surface area contributed by atoms with Crippen molar-refractivity contribution in [3.05, 3.63) is 26.7 Å². The molecule has 0 unspecified atom stereocenters. The lowest BCUT2D eigenvalue weighted by molar-refractivity contribution is 0.100. The topological polar surface area (TPSA) is 121 Å². The van der Waals surface area contributed by atoms with Crippen molar-refractivity contribution in [3.63, 3.8) is 0 Å². The number of carbonyl (C=O) groups is 1. The fourth-order valence-electron chi connectivity index (χ4n) is 1.14. The van der Waals surface area contributed by atoms with Gasteiger partial charge < -0.3 is 10.2 Å². The normalized spacial score (nSPS) is 10.7. The van der Waals surface area contributed by atoms with E-state index in [-0.39, 0.29) is 27.5 Å². The molecule has 0 bridgehead atoms. The minimum absolute atomic E-state index is 0.0519. The van der Waals surface area contributed by atoms with Gasteiger partial charge in [0.2, 0.25) is 0 Å². The second kappa shape index (κ2) is 2.80. The smallest absolute Gasteiger partial charge is 0.363 e. The summed E-state index contributed by atoms with van der Waals surface area (Å²) in [6, 6.07) is 0. The van der Waals surface area contributed by atoms with Crippen molar-refractivity contribution in [1.82, 2.24) is 19.7 Å². The molecule has 0 spiro atoms. The average Bonchev–Trinajstić information content (AvgIpc) is 2.58. The van der Waals surface area contributed by atoms with E-state index in [1.54, 1.807) is 0 Å². The first kappa shape index (κ1) is 9.19. The zero-order valence-corrected chi connectivity index (χ0v) is 7.57. The molecule has 3 N–H and O–H groups in total. The maximum atomic E-state index is 11.3. The fourth-order valence-corrected chi connectivity index (χ4v) is 1.14. The van der Waals surface area contributed by atoms with Crippen LogP contribution in [-0.2, 0) is 0 Å². The second-order valence-electron chi connectivity index (χ2n) is 2.91. The van der Waals surface area contributed by atoms with Crippen molar-refractivity contribution in [3.8, 4) is 0 Å². The van der Waals surface area contributed by atoms with Crippen molar-refractivity contribution >= 4 is 16.9 Å². The highest BCUT2D eigenvalue weighted by atomic mass is 16.5. The third kappa shape index (κ3) is 1.23. The Labute approximate surface area is 81.2 Å². The number of nitrogens with zero attached hydrogens (tertiary/aromatic N) is 2. The van der Waals surface area contributed by atoms with Crippen LogP contribution < -0.4 is 11.2 Å². The van der Waals surface area contributed by atoms with Gasteiger partial charge in [-0.1, -0.05) is 4.73 Å². The summed E-state index contributed by atoms with van der Waals surface area (Å²) in [6.45, 7) is 1.26. The van der Waals surface area contributed by atoms with Crippen molar-refractivity contribution < 1.29 is 10.0 Å². The van der Waals surface area contributed by atoms with Crippen LogP contribution in [-0.4, -0.2) is 30.7 Å². The Kier molecular flexibility index (Phi) is 1.72. The Morgan fingerprint density at radius 2 is 2.07 bits per heavy atom. The Hall–Kier alpha value is -2.38. The first-order valence-corrected chi connectivity index (χ1v) is 3.96. The van der Waals surface area contributed by atoms with Gasteiger partial charge in [-0.25, -0.2) is 9.78 Å². The number of aromatic nitrogens is 4. The number of Topliss-reactive ketones (excluding diaryl/α,β-unsaturated/α-hetero) is 1. The third-order valence-corrected chi connectivity index (χ3v) is 1.86. The summed E-state index contributed by atoms with van der Waals surface area (Å²) < 4.78 is -0.0928. The lowest BCUT2D eigenvalue weighted by atomic mass is 10.4. The van der Waals surface area contributed by atoms with Crippen LogP contribution in [0.1, 0.15) is 17.5 Å². The summed E-state index contributed by atoms with van der Waals surface area (Å²) in [6.07, 6.45) is 0. The summed E-state index contributed by atoms with van der Waals surface area (Å²) in [5.41, 5.74) is -2.13. The monoisotopic (exact) mass is 210 g/mol. The molecule has 2 aromatic heterocycles. The highest BCUT2D eigenvalue weighted by molar-refractivity contribution is 5.93. The number of rotatable bonds is 1. The van der Waals surface area contributed by atoms with Gasteiger partial charge in [0.1, 0.15) is 0 Å². The molecule has 8 heteroatoms. The lowest BCUT2D eigenvalue weighted by Crippen LogP contribution is -2.33. The molecule has 0 aliphatic rings. The fraction of sp³-hybridized carbons (Fsp3) is 0.143. The second-order valence-corrected chi connectivity index (χ2v) is 2.91. The summed E-state index contributed by atoms with van der Waals surface area (Å²) in [5, 5.41) is 8.98. The Morgan fingerprint density at radius 3 is 2.67 bits per heavy atom. The minimum Gasteiger partial charge on any atom is -0.421 e. The van der Waals surface area contributed by atoms with Gasteiger partial charge in [0.15, 0.2) is 22.8 Å². The van der Waals surface area contributed by atoms with Gasteiger partial charge in [-0.15, -0.1) is 0 Å². The highest BCUT2D eigenvalue weighted by Crippen LogP contribution is 2.01. The SMILES string of the molecule is CC(=O)c1nc2[nH]c(=O)n(O)c(=O)c2[nH]1. The summed E-state index contributed by atoms with van der Waals surface area (Å²) in [4.78, 5) is 41.4. The first-order valence-electron chi connectivity index (χ1n) is 3.96. The maximum absolute atomic E-state index is 11.3. The van der Waals surface area contributed by atoms with Crippen LogP contribution in [0.4, 0.5) is 0 Å². The number of hydrogen-bond acceptors (Lipinski definition) is 5. The first-order chi connectivity index (χ1) is 7.00. The molecule has 0 fully saturated rings. The molecule has 0 radical (unpaired) electrons. The molecular weight excluding hydrogens is 204 g/mol. The van der Waals surface area contributed by atoms with Crippen LogP contribution in [0.2, 0.25) is 0 Å². The van der Waals surface area contributed by atoms with Crippen LogP contribution in [0.25, 0.3) is 11.2 Å². The predicted octanol–water partition coefficient (Wildman–Crippen LogP) is -1.15. The highest BCUT2D eigenvalue weighted by Gasteiger charge is 2.13. The van der Waals surface area contributed by atoms with E-state index in [0.29, 0.717) is 0 Å². The zero-order valence-electron chi connectivity index (χ0n) is 7.57. The van der Waals surface area contributed by atoms with Gasteiger partial charge >= 0.3 is 11.2 Å². The van der Waals surface area contributed by atoms with Gasteiger partial charge in [0.05, 0.1) is 0 Å². The van der Waals surface area contributed by atoms with Gasteiger partial charge in [0, 0.05) is 6.92 Å². The molecule has 0 saturated carbocycles. The van der Waals surface area contributed by atoms with E-state index in [9.17, 15) is 14.4 Å². The van der Waals surface area contributed by atoms with Crippen molar-refractivity contribution in [2.24, 2.45) is 0 Å². The molecule has 2 rings (SSSR count). The minimum atomic E-state index is -1.01. The Morgan fingerprint density at radius 1 is 1.40 bits per heavy atom. The number of fused-ring (bicyclic) bond motifs is 1. The van der Waals surface area contributed by atoms with E-state index >= 15 is 0 Å². The lowest BCUT2D eigenvalue weighted by Gasteiger charge is -1.91. The number of aromatic amines is 2. The van der Waals surface area contributed by atoms with Gasteiger partial charge in [0.25, 0.3) is 0 Å². The molecule has 0 aliphatic heterocycles. The number of nitrogens with one attached hydrogen (secondary N) is 2. The van der Waals surface area contributed by atoms with E-state index in [1.807, 2.05) is 0 Å². The molecule has 8 nitrogen and oxygen atoms in total. The Balaban J connectivity index is 2.95. The average molecular weight is 210 g/mol. The van der Waals surface area contributed by atoms with E-state index in [4.69, 9.17) is 5.21 Å². The zero-order chi connectivity index (χ0) is 11.2. The molecule has 0 aromatic carbocycles. The summed E-state index contributed by atoms with van der Waals surface area (Å²) in [5.74, 6) is -0.431. The maximum Gasteiger partial charge on any atom is 0.363 e. The molecule has 0 amide bonds. The van der Waals surface area contributed by atoms with E-state index in [0.717, 1.165) is 0 Å². The molecule has 0 aliphatic carbocycles. The Bertz CT molecular complexity index is 662. The van der Waals surface area contributed by atoms with E-state index in [2.05, 4.69) is 15.0 Å². The van der Waals surface area contributed by atoms with Crippen LogP contribution in [0, 0.1) is 0 Å². The van der Waals surface area contributed by atoms with Crippen LogP contribution in [0.15, 0.2) is 9.59 Å². The van der Waals surface area contributed by atoms with Crippen molar-refractivity contribution in [2.45, 2.75) is 6.92 Å². The molecular formula is C7H6N4O4. The predicted molar refractivity (Wildman–Crippen MR) is 48.2 cm³/mol. The number of H-pyrrole nitrogens is 2. The molecule has 0 atom stereocenters. The van der Waals surface area contributed by atoms with Crippen molar-refractivity contribution in [2.75, 3.05) is 0 Å². The van der Waals surface area contributed by atoms with Crippen LogP contribution in [0.3, 0.4) is 0 Å². The van der Waals surface area contributed by atoms with Crippen LogP contribution >= 0.6 is 0 Å². The number of imidazole rings is 1. The van der Waals surface area contributed by atoms with Gasteiger partial charge in [-0.2, -0.15) is 0 Å². The number of ketones is 1. The standard InChI is InChI=1S/C7H6N4O4/c1-2(12)4-8-3-5(9-4)10-7(14)11(15)6(3)13/h15H,1H3,(H,8,9)(H,10,14). The third-order valence-electron chi connectivity index (χ3n) is 1.86. The summed E-state index contributed by atoms with van der Waals surface area (Å²) >= 11 is 0. The van der Waals surface area contributed by atoms with E-state index in [1.165, 1.54) is 6.92 Å². The summed E-state index contributed by atoms with van der Waals surface area (Å²) in [7, 11) is 0. The van der Waals surface area contributed by atoms with Crippen LogP contribution in [0.5, 0.6) is 0 Å². The van der Waals surface area contributed by atoms with E-state index < -0.39 is 11.2 Å². The van der Waals surface area contributed by atoms with Gasteiger partial charge in [-0.3, -0.25) is 14.6 Å². The van der Waals surface area contributed by atoms with Gasteiger partial charge in [-0.05, 0) is 0 Å². The number of hydrogen-bond donors (Lipinski definition) is 3.